The third kappa shape index (κ3) is 5.53. The van der Waals surface area contributed by atoms with Gasteiger partial charge in [0, 0.05) is 0 Å². The Balaban J connectivity index is 2.83. The van der Waals surface area contributed by atoms with Gasteiger partial charge in [-0.2, -0.15) is 0 Å². The molecular weight excluding hydrogens is 275 g/mol. The standard InChI is InChI=1S/C16H21FO4/c1-3-5-9-20-15(18)13-8-7-12(17)11-14(13)16(19)21-10-6-4-2/h7-8,11H,3-6,9-10H2,1-2H3. The smallest absolute Gasteiger partial charge is 0.339 e. The van der Waals surface area contributed by atoms with E-state index >= 15 is 0 Å². The molecule has 4 nitrogen and oxygen atoms in total. The van der Waals surface area contributed by atoms with Gasteiger partial charge in [-0.15, -0.1) is 0 Å². The molecule has 0 amide bonds. The molecule has 0 N–H and O–H groups in total. The van der Waals surface area contributed by atoms with E-state index < -0.39 is 17.8 Å². The van der Waals surface area contributed by atoms with Gasteiger partial charge in [-0.1, -0.05) is 26.7 Å². The number of carbonyl (C=O) groups excluding carboxylic acids is 2. The molecule has 0 saturated carbocycles. The summed E-state index contributed by atoms with van der Waals surface area (Å²) in [5, 5.41) is 0. The summed E-state index contributed by atoms with van der Waals surface area (Å²) in [6.45, 7) is 4.46. The van der Waals surface area contributed by atoms with Gasteiger partial charge in [0.2, 0.25) is 0 Å². The summed E-state index contributed by atoms with van der Waals surface area (Å²) in [7, 11) is 0. The molecule has 0 saturated heterocycles. The van der Waals surface area contributed by atoms with Gasteiger partial charge in [0.05, 0.1) is 24.3 Å². The van der Waals surface area contributed by atoms with Crippen LogP contribution < -0.4 is 0 Å². The van der Waals surface area contributed by atoms with Crippen LogP contribution >= 0.6 is 0 Å². The van der Waals surface area contributed by atoms with E-state index in [-0.39, 0.29) is 24.3 Å². The molecule has 0 aromatic heterocycles. The first-order chi connectivity index (χ1) is 10.1. The SMILES string of the molecule is CCCCOC(=O)c1ccc(F)cc1C(=O)OCCCC. The minimum atomic E-state index is -0.703. The Labute approximate surface area is 124 Å². The Kier molecular flexibility index (Phi) is 7.43. The summed E-state index contributed by atoms with van der Waals surface area (Å²) in [4.78, 5) is 23.9. The molecule has 0 unspecified atom stereocenters. The number of unbranched alkanes of at least 4 members (excludes halogenated alkanes) is 2. The van der Waals surface area contributed by atoms with E-state index in [2.05, 4.69) is 0 Å². The lowest BCUT2D eigenvalue weighted by Crippen LogP contribution is -2.15. The zero-order valence-corrected chi connectivity index (χ0v) is 12.5. The minimum Gasteiger partial charge on any atom is -0.462 e. The predicted octanol–water partition coefficient (Wildman–Crippen LogP) is 3.74. The van der Waals surface area contributed by atoms with Crippen molar-refractivity contribution >= 4 is 11.9 Å². The number of hydrogen-bond acceptors (Lipinski definition) is 4. The van der Waals surface area contributed by atoms with Crippen LogP contribution in [-0.4, -0.2) is 25.2 Å². The maximum Gasteiger partial charge on any atom is 0.339 e. The summed E-state index contributed by atoms with van der Waals surface area (Å²) in [6, 6.07) is 3.38. The quantitative estimate of drug-likeness (QED) is 0.541. The number of carbonyl (C=O) groups is 2. The zero-order valence-electron chi connectivity index (χ0n) is 12.5. The first-order valence-corrected chi connectivity index (χ1v) is 7.24. The maximum absolute atomic E-state index is 13.3. The van der Waals surface area contributed by atoms with Crippen molar-refractivity contribution in [3.8, 4) is 0 Å². The lowest BCUT2D eigenvalue weighted by atomic mass is 10.1. The normalized spacial score (nSPS) is 10.2. The molecule has 1 aromatic carbocycles. The topological polar surface area (TPSA) is 52.6 Å². The predicted molar refractivity (Wildman–Crippen MR) is 76.8 cm³/mol. The highest BCUT2D eigenvalue weighted by Crippen LogP contribution is 2.15. The van der Waals surface area contributed by atoms with Crippen LogP contribution in [0.4, 0.5) is 4.39 Å². The van der Waals surface area contributed by atoms with E-state index in [1.165, 1.54) is 6.07 Å². The van der Waals surface area contributed by atoms with Crippen LogP contribution in [0, 0.1) is 5.82 Å². The second-order valence-corrected chi connectivity index (χ2v) is 4.67. The molecule has 0 spiro atoms. The highest BCUT2D eigenvalue weighted by molar-refractivity contribution is 6.03. The van der Waals surface area contributed by atoms with Gasteiger partial charge in [0.1, 0.15) is 5.82 Å². The fourth-order valence-corrected chi connectivity index (χ4v) is 1.64. The van der Waals surface area contributed by atoms with Gasteiger partial charge < -0.3 is 9.47 Å². The average Bonchev–Trinajstić information content (AvgIpc) is 2.47. The molecule has 21 heavy (non-hydrogen) atoms. The van der Waals surface area contributed by atoms with Crippen molar-refractivity contribution in [1.82, 2.24) is 0 Å². The van der Waals surface area contributed by atoms with E-state index in [1.807, 2.05) is 13.8 Å². The summed E-state index contributed by atoms with van der Waals surface area (Å²) in [5.74, 6) is -1.93. The van der Waals surface area contributed by atoms with Crippen molar-refractivity contribution in [2.45, 2.75) is 39.5 Å². The van der Waals surface area contributed by atoms with E-state index in [0.29, 0.717) is 0 Å². The average molecular weight is 296 g/mol. The highest BCUT2D eigenvalue weighted by atomic mass is 19.1. The molecule has 0 aliphatic heterocycles. The van der Waals surface area contributed by atoms with Crippen LogP contribution in [0.3, 0.4) is 0 Å². The van der Waals surface area contributed by atoms with Gasteiger partial charge in [-0.25, -0.2) is 14.0 Å². The molecule has 0 radical (unpaired) electrons. The fraction of sp³-hybridized carbons (Fsp3) is 0.500. The monoisotopic (exact) mass is 296 g/mol. The van der Waals surface area contributed by atoms with E-state index in [0.717, 1.165) is 37.8 Å². The highest BCUT2D eigenvalue weighted by Gasteiger charge is 2.20. The second-order valence-electron chi connectivity index (χ2n) is 4.67. The van der Waals surface area contributed by atoms with Crippen molar-refractivity contribution < 1.29 is 23.5 Å². The van der Waals surface area contributed by atoms with Crippen molar-refractivity contribution in [2.75, 3.05) is 13.2 Å². The van der Waals surface area contributed by atoms with Gasteiger partial charge in [-0.3, -0.25) is 0 Å². The van der Waals surface area contributed by atoms with Gasteiger partial charge >= 0.3 is 11.9 Å². The Morgan fingerprint density at radius 1 is 0.952 bits per heavy atom. The largest absolute Gasteiger partial charge is 0.462 e. The fourth-order valence-electron chi connectivity index (χ4n) is 1.64. The van der Waals surface area contributed by atoms with Crippen LogP contribution in [0.2, 0.25) is 0 Å². The molecule has 116 valence electrons. The summed E-state index contributed by atoms with van der Waals surface area (Å²) in [5.41, 5.74) is -0.0541. The van der Waals surface area contributed by atoms with Gasteiger partial charge in [-0.05, 0) is 31.0 Å². The molecule has 0 bridgehead atoms. The summed E-state index contributed by atoms with van der Waals surface area (Å²) < 4.78 is 23.4. The van der Waals surface area contributed by atoms with Crippen molar-refractivity contribution in [1.29, 1.82) is 0 Å². The number of esters is 2. The summed E-state index contributed by atoms with van der Waals surface area (Å²) >= 11 is 0. The molecule has 0 aliphatic rings. The number of halogens is 1. The molecular formula is C16H21FO4. The van der Waals surface area contributed by atoms with Crippen LogP contribution in [0.15, 0.2) is 18.2 Å². The number of benzene rings is 1. The second kappa shape index (κ2) is 9.10. The molecule has 0 aliphatic carbocycles. The molecule has 1 rings (SSSR count). The molecule has 0 atom stereocenters. The van der Waals surface area contributed by atoms with Crippen LogP contribution in [-0.2, 0) is 9.47 Å². The third-order valence-corrected chi connectivity index (χ3v) is 2.88. The maximum atomic E-state index is 13.3. The van der Waals surface area contributed by atoms with E-state index in [1.54, 1.807) is 0 Å². The van der Waals surface area contributed by atoms with Crippen molar-refractivity contribution in [3.63, 3.8) is 0 Å². The van der Waals surface area contributed by atoms with Crippen molar-refractivity contribution in [3.05, 3.63) is 35.1 Å². The zero-order chi connectivity index (χ0) is 15.7. The van der Waals surface area contributed by atoms with E-state index in [9.17, 15) is 14.0 Å². The number of rotatable bonds is 8. The van der Waals surface area contributed by atoms with Crippen LogP contribution in [0.5, 0.6) is 0 Å². The Bertz CT molecular complexity index is 485. The first kappa shape index (κ1) is 17.1. The molecule has 5 heteroatoms. The molecule has 1 aromatic rings. The number of hydrogen-bond donors (Lipinski definition) is 0. The van der Waals surface area contributed by atoms with Crippen LogP contribution in [0.1, 0.15) is 60.2 Å². The molecule has 0 heterocycles. The van der Waals surface area contributed by atoms with Gasteiger partial charge in [0.15, 0.2) is 0 Å². The lowest BCUT2D eigenvalue weighted by Gasteiger charge is -2.09. The Morgan fingerprint density at radius 3 is 2.00 bits per heavy atom. The van der Waals surface area contributed by atoms with Gasteiger partial charge in [0.25, 0.3) is 0 Å². The van der Waals surface area contributed by atoms with E-state index in [4.69, 9.17) is 9.47 Å². The Hall–Kier alpha value is -1.91. The Morgan fingerprint density at radius 2 is 1.48 bits per heavy atom. The first-order valence-electron chi connectivity index (χ1n) is 7.24. The lowest BCUT2D eigenvalue weighted by molar-refractivity contribution is 0.0452. The third-order valence-electron chi connectivity index (χ3n) is 2.88. The number of ether oxygens (including phenoxy) is 2. The molecule has 0 fully saturated rings. The van der Waals surface area contributed by atoms with Crippen molar-refractivity contribution in [2.24, 2.45) is 0 Å². The van der Waals surface area contributed by atoms with Crippen LogP contribution in [0.25, 0.3) is 0 Å². The minimum absolute atomic E-state index is 0.0361. The summed E-state index contributed by atoms with van der Waals surface area (Å²) in [6.07, 6.45) is 3.23.